The number of benzene rings is 4. The molecule has 5 heteroatoms. The Morgan fingerprint density at radius 3 is 2.40 bits per heavy atom. The van der Waals surface area contributed by atoms with Crippen LogP contribution in [-0.2, 0) is 6.54 Å². The Morgan fingerprint density at radius 2 is 1.63 bits per heavy atom. The molecule has 0 saturated carbocycles. The van der Waals surface area contributed by atoms with Gasteiger partial charge in [-0.15, -0.1) is 0 Å². The number of halogens is 3. The highest BCUT2D eigenvalue weighted by atomic mass is 35.5. The molecule has 0 amide bonds. The lowest BCUT2D eigenvalue weighted by Gasteiger charge is -2.15. The zero-order valence-electron chi connectivity index (χ0n) is 15.9. The summed E-state index contributed by atoms with van der Waals surface area (Å²) in [5.74, 6) is 0.0304. The van der Waals surface area contributed by atoms with Gasteiger partial charge in [0.05, 0.1) is 5.02 Å². The van der Waals surface area contributed by atoms with E-state index in [1.54, 1.807) is 12.1 Å². The summed E-state index contributed by atoms with van der Waals surface area (Å²) in [5, 5.41) is 3.33. The van der Waals surface area contributed by atoms with Gasteiger partial charge in [0.25, 0.3) is 0 Å². The van der Waals surface area contributed by atoms with Gasteiger partial charge in [-0.1, -0.05) is 54.1 Å². The first-order valence-corrected chi connectivity index (χ1v) is 9.77. The molecule has 30 heavy (non-hydrogen) atoms. The standard InChI is InChI=1S/C25H18ClF2NO/c26-23-15-21(10-12-24(23)28)30-25-14-20(29-16-17-5-2-1-3-6-17)9-11-22(25)18-7-4-8-19(27)13-18/h1-15,29H,16H2. The van der Waals surface area contributed by atoms with Crippen LogP contribution in [0, 0.1) is 11.6 Å². The molecule has 0 bridgehead atoms. The van der Waals surface area contributed by atoms with Crippen LogP contribution in [0.4, 0.5) is 14.5 Å². The summed E-state index contributed by atoms with van der Waals surface area (Å²) in [6.45, 7) is 0.641. The van der Waals surface area contributed by atoms with E-state index in [9.17, 15) is 8.78 Å². The normalized spacial score (nSPS) is 10.6. The van der Waals surface area contributed by atoms with Crippen molar-refractivity contribution in [1.29, 1.82) is 0 Å². The Kier molecular flexibility index (Phi) is 5.96. The highest BCUT2D eigenvalue weighted by molar-refractivity contribution is 6.30. The molecule has 2 nitrogen and oxygen atoms in total. The number of hydrogen-bond donors (Lipinski definition) is 1. The predicted molar refractivity (Wildman–Crippen MR) is 117 cm³/mol. The van der Waals surface area contributed by atoms with E-state index in [1.807, 2.05) is 48.5 Å². The molecule has 0 fully saturated rings. The van der Waals surface area contributed by atoms with Gasteiger partial charge >= 0.3 is 0 Å². The predicted octanol–water partition coefficient (Wildman–Crippen LogP) is 7.69. The summed E-state index contributed by atoms with van der Waals surface area (Å²) in [6.07, 6.45) is 0. The van der Waals surface area contributed by atoms with Gasteiger partial charge in [0.15, 0.2) is 0 Å². The first kappa shape index (κ1) is 19.9. The van der Waals surface area contributed by atoms with Crippen molar-refractivity contribution in [3.05, 3.63) is 113 Å². The van der Waals surface area contributed by atoms with Crippen molar-refractivity contribution in [3.8, 4) is 22.6 Å². The number of hydrogen-bond acceptors (Lipinski definition) is 2. The second-order valence-corrected chi connectivity index (χ2v) is 7.15. The lowest BCUT2D eigenvalue weighted by atomic mass is 10.0. The molecular weight excluding hydrogens is 404 g/mol. The van der Waals surface area contributed by atoms with Crippen LogP contribution in [-0.4, -0.2) is 0 Å². The van der Waals surface area contributed by atoms with E-state index in [0.29, 0.717) is 29.2 Å². The minimum absolute atomic E-state index is 0.0295. The molecule has 4 rings (SSSR count). The maximum Gasteiger partial charge on any atom is 0.142 e. The highest BCUT2D eigenvalue weighted by Gasteiger charge is 2.11. The summed E-state index contributed by atoms with van der Waals surface area (Å²) in [5.41, 5.74) is 3.36. The van der Waals surface area contributed by atoms with Crippen LogP contribution >= 0.6 is 11.6 Å². The van der Waals surface area contributed by atoms with Crippen molar-refractivity contribution in [2.75, 3.05) is 5.32 Å². The Labute approximate surface area is 178 Å². The maximum absolute atomic E-state index is 13.8. The number of rotatable bonds is 6. The summed E-state index contributed by atoms with van der Waals surface area (Å²) in [6, 6.07) is 26.1. The molecule has 0 unspecified atom stereocenters. The highest BCUT2D eigenvalue weighted by Crippen LogP contribution is 2.37. The quantitative estimate of drug-likeness (QED) is 0.344. The minimum atomic E-state index is -0.521. The van der Waals surface area contributed by atoms with Crippen molar-refractivity contribution >= 4 is 17.3 Å². The number of anilines is 1. The Hall–Kier alpha value is -3.37. The molecule has 0 heterocycles. The first-order valence-electron chi connectivity index (χ1n) is 9.39. The third-order valence-corrected chi connectivity index (χ3v) is 4.87. The van der Waals surface area contributed by atoms with Crippen LogP contribution in [0.25, 0.3) is 11.1 Å². The molecule has 4 aromatic carbocycles. The van der Waals surface area contributed by atoms with Crippen LogP contribution in [0.5, 0.6) is 11.5 Å². The van der Waals surface area contributed by atoms with Crippen LogP contribution in [0.1, 0.15) is 5.56 Å². The van der Waals surface area contributed by atoms with Crippen molar-refractivity contribution in [1.82, 2.24) is 0 Å². The second-order valence-electron chi connectivity index (χ2n) is 6.74. The third-order valence-electron chi connectivity index (χ3n) is 4.58. The van der Waals surface area contributed by atoms with E-state index in [1.165, 1.54) is 30.3 Å². The van der Waals surface area contributed by atoms with E-state index in [4.69, 9.17) is 16.3 Å². The van der Waals surface area contributed by atoms with Gasteiger partial charge in [-0.2, -0.15) is 0 Å². The van der Waals surface area contributed by atoms with Crippen LogP contribution in [0.3, 0.4) is 0 Å². The molecule has 1 N–H and O–H groups in total. The smallest absolute Gasteiger partial charge is 0.142 e. The lowest BCUT2D eigenvalue weighted by Crippen LogP contribution is -2.00. The van der Waals surface area contributed by atoms with Crippen molar-refractivity contribution in [2.45, 2.75) is 6.54 Å². The third kappa shape index (κ3) is 4.78. The second kappa shape index (κ2) is 8.97. The summed E-state index contributed by atoms with van der Waals surface area (Å²) < 4.78 is 33.3. The van der Waals surface area contributed by atoms with E-state index in [2.05, 4.69) is 5.32 Å². The molecule has 0 aliphatic carbocycles. The summed E-state index contributed by atoms with van der Waals surface area (Å²) in [7, 11) is 0. The average Bonchev–Trinajstić information content (AvgIpc) is 2.76. The molecule has 150 valence electrons. The van der Waals surface area contributed by atoms with Crippen LogP contribution in [0.2, 0.25) is 5.02 Å². The average molecular weight is 422 g/mol. The fraction of sp³-hybridized carbons (Fsp3) is 0.0400. The monoisotopic (exact) mass is 421 g/mol. The molecule has 0 aromatic heterocycles. The Morgan fingerprint density at radius 1 is 0.800 bits per heavy atom. The van der Waals surface area contributed by atoms with Crippen molar-refractivity contribution in [3.63, 3.8) is 0 Å². The molecule has 0 aliphatic heterocycles. The number of nitrogens with one attached hydrogen (secondary N) is 1. The van der Waals surface area contributed by atoms with E-state index >= 15 is 0 Å². The van der Waals surface area contributed by atoms with E-state index in [0.717, 1.165) is 11.3 Å². The van der Waals surface area contributed by atoms with Gasteiger partial charge in [0.2, 0.25) is 0 Å². The topological polar surface area (TPSA) is 21.3 Å². The van der Waals surface area contributed by atoms with E-state index < -0.39 is 5.82 Å². The van der Waals surface area contributed by atoms with Gasteiger partial charge in [-0.25, -0.2) is 8.78 Å². The Bertz CT molecular complexity index is 1160. The van der Waals surface area contributed by atoms with Crippen molar-refractivity contribution in [2.24, 2.45) is 0 Å². The largest absolute Gasteiger partial charge is 0.457 e. The maximum atomic E-state index is 13.8. The van der Waals surface area contributed by atoms with Crippen LogP contribution < -0.4 is 10.1 Å². The first-order chi connectivity index (χ1) is 14.6. The minimum Gasteiger partial charge on any atom is -0.457 e. The van der Waals surface area contributed by atoms with Gasteiger partial charge in [-0.05, 0) is 47.5 Å². The van der Waals surface area contributed by atoms with Gasteiger partial charge in [-0.3, -0.25) is 0 Å². The van der Waals surface area contributed by atoms with Gasteiger partial charge < -0.3 is 10.1 Å². The summed E-state index contributed by atoms with van der Waals surface area (Å²) in [4.78, 5) is 0. The van der Waals surface area contributed by atoms with Gasteiger partial charge in [0.1, 0.15) is 23.1 Å². The molecular formula is C25H18ClF2NO. The fourth-order valence-corrected chi connectivity index (χ4v) is 3.25. The van der Waals surface area contributed by atoms with Crippen LogP contribution in [0.15, 0.2) is 91.0 Å². The van der Waals surface area contributed by atoms with Gasteiger partial charge in [0, 0.05) is 29.9 Å². The molecule has 0 saturated heterocycles. The molecule has 4 aromatic rings. The SMILES string of the molecule is Fc1cccc(-c2ccc(NCc3ccccc3)cc2Oc2ccc(F)c(Cl)c2)c1. The molecule has 0 spiro atoms. The van der Waals surface area contributed by atoms with Crippen molar-refractivity contribution < 1.29 is 13.5 Å². The zero-order chi connectivity index (χ0) is 20.9. The number of ether oxygens (including phenoxy) is 1. The molecule has 0 radical (unpaired) electrons. The lowest BCUT2D eigenvalue weighted by molar-refractivity contribution is 0.482. The fourth-order valence-electron chi connectivity index (χ4n) is 3.08. The molecule has 0 aliphatic rings. The Balaban J connectivity index is 1.67. The van der Waals surface area contributed by atoms with E-state index in [-0.39, 0.29) is 10.8 Å². The zero-order valence-corrected chi connectivity index (χ0v) is 16.7. The summed E-state index contributed by atoms with van der Waals surface area (Å²) >= 11 is 5.89. The molecule has 0 atom stereocenters.